The van der Waals surface area contributed by atoms with Gasteiger partial charge in [-0.3, -0.25) is 9.89 Å². The van der Waals surface area contributed by atoms with Crippen molar-refractivity contribution in [3.63, 3.8) is 0 Å². The molecule has 1 aromatic heterocycles. The van der Waals surface area contributed by atoms with Gasteiger partial charge < -0.3 is 10.6 Å². The molecule has 0 spiro atoms. The second-order valence-corrected chi connectivity index (χ2v) is 7.55. The monoisotopic (exact) mass is 356 g/mol. The van der Waals surface area contributed by atoms with Crippen molar-refractivity contribution in [3.8, 4) is 0 Å². The fourth-order valence-electron chi connectivity index (χ4n) is 3.21. The molecule has 2 N–H and O–H groups in total. The van der Waals surface area contributed by atoms with Gasteiger partial charge in [-0.1, -0.05) is 30.3 Å². The number of hydrogen-bond donors (Lipinski definition) is 2. The Morgan fingerprint density at radius 1 is 1.24 bits per heavy atom. The van der Waals surface area contributed by atoms with Crippen LogP contribution in [-0.4, -0.2) is 43.6 Å². The average molecular weight is 357 g/mol. The van der Waals surface area contributed by atoms with E-state index in [1.165, 1.54) is 17.5 Å². The first-order chi connectivity index (χ1) is 12.3. The predicted molar refractivity (Wildman–Crippen MR) is 107 cm³/mol. The topological polar surface area (TPSA) is 39.7 Å². The Hall–Kier alpha value is -1.85. The smallest absolute Gasteiger partial charge is 0.191 e. The van der Waals surface area contributed by atoms with Crippen LogP contribution in [0.25, 0.3) is 0 Å². The number of aliphatic imine (C=N–C) groups is 1. The van der Waals surface area contributed by atoms with Crippen molar-refractivity contribution in [2.45, 2.75) is 32.4 Å². The number of hydrogen-bond acceptors (Lipinski definition) is 3. The third-order valence-electron chi connectivity index (χ3n) is 4.80. The Bertz CT molecular complexity index is 680. The van der Waals surface area contributed by atoms with Crippen LogP contribution in [0.3, 0.4) is 0 Å². The number of fused-ring (bicyclic) bond motifs is 1. The molecule has 1 unspecified atom stereocenters. The number of guanidine groups is 1. The first kappa shape index (κ1) is 18.0. The Morgan fingerprint density at radius 2 is 2.08 bits per heavy atom. The quantitative estimate of drug-likeness (QED) is 0.618. The lowest BCUT2D eigenvalue weighted by atomic mass is 10.1. The van der Waals surface area contributed by atoms with E-state index < -0.39 is 0 Å². The molecule has 0 saturated carbocycles. The van der Waals surface area contributed by atoms with E-state index in [9.17, 15) is 0 Å². The summed E-state index contributed by atoms with van der Waals surface area (Å²) in [7, 11) is 1.83. The van der Waals surface area contributed by atoms with Gasteiger partial charge in [-0.25, -0.2) is 0 Å². The third-order valence-corrected chi connectivity index (χ3v) is 5.82. The Balaban J connectivity index is 1.40. The second kappa shape index (κ2) is 9.02. The van der Waals surface area contributed by atoms with Gasteiger partial charge in [0, 0.05) is 44.1 Å². The minimum absolute atomic E-state index is 0.487. The molecule has 25 heavy (non-hydrogen) atoms. The van der Waals surface area contributed by atoms with Crippen molar-refractivity contribution in [1.82, 2.24) is 15.5 Å². The largest absolute Gasteiger partial charge is 0.356 e. The van der Waals surface area contributed by atoms with Gasteiger partial charge in [0.1, 0.15) is 0 Å². The van der Waals surface area contributed by atoms with Crippen LogP contribution in [0.1, 0.15) is 22.9 Å². The van der Waals surface area contributed by atoms with Crippen molar-refractivity contribution in [1.29, 1.82) is 0 Å². The first-order valence-electron chi connectivity index (χ1n) is 9.04. The summed E-state index contributed by atoms with van der Waals surface area (Å²) in [6, 6.07) is 13.3. The second-order valence-electron chi connectivity index (χ2n) is 6.55. The van der Waals surface area contributed by atoms with Crippen LogP contribution in [0.4, 0.5) is 0 Å². The Morgan fingerprint density at radius 3 is 2.88 bits per heavy atom. The van der Waals surface area contributed by atoms with Gasteiger partial charge >= 0.3 is 0 Å². The van der Waals surface area contributed by atoms with Crippen LogP contribution in [0.15, 0.2) is 46.8 Å². The fourth-order valence-corrected chi connectivity index (χ4v) is 4.10. The minimum Gasteiger partial charge on any atom is -0.356 e. The highest BCUT2D eigenvalue weighted by atomic mass is 32.1. The molecule has 2 heterocycles. The molecule has 3 rings (SSSR count). The van der Waals surface area contributed by atoms with Crippen LogP contribution in [0, 0.1) is 0 Å². The van der Waals surface area contributed by atoms with Crippen molar-refractivity contribution in [2.75, 3.05) is 26.7 Å². The SMILES string of the molecule is CN=C(NCCc1ccccc1)NCC(C)N1CCc2sccc2C1. The maximum atomic E-state index is 4.34. The Kier molecular flexibility index (Phi) is 6.48. The van der Waals surface area contributed by atoms with Gasteiger partial charge in [-0.05, 0) is 42.3 Å². The van der Waals surface area contributed by atoms with E-state index in [1.807, 2.05) is 18.4 Å². The lowest BCUT2D eigenvalue weighted by molar-refractivity contribution is 0.192. The molecule has 1 aliphatic heterocycles. The zero-order valence-corrected chi connectivity index (χ0v) is 16.0. The molecule has 0 radical (unpaired) electrons. The first-order valence-corrected chi connectivity index (χ1v) is 9.92. The summed E-state index contributed by atoms with van der Waals surface area (Å²) < 4.78 is 0. The van der Waals surface area contributed by atoms with Gasteiger partial charge in [0.15, 0.2) is 5.96 Å². The van der Waals surface area contributed by atoms with E-state index in [0.29, 0.717) is 6.04 Å². The van der Waals surface area contributed by atoms with E-state index in [2.05, 4.69) is 69.2 Å². The van der Waals surface area contributed by atoms with E-state index in [0.717, 1.165) is 38.6 Å². The predicted octanol–water partition coefficient (Wildman–Crippen LogP) is 2.90. The normalized spacial score (nSPS) is 16.3. The van der Waals surface area contributed by atoms with Gasteiger partial charge in [0.05, 0.1) is 0 Å². The molecule has 4 nitrogen and oxygen atoms in total. The van der Waals surface area contributed by atoms with Crippen LogP contribution in [0.5, 0.6) is 0 Å². The molecule has 0 saturated heterocycles. The number of nitrogens with one attached hydrogen (secondary N) is 2. The number of benzene rings is 1. The summed E-state index contributed by atoms with van der Waals surface area (Å²) in [5.41, 5.74) is 2.85. The van der Waals surface area contributed by atoms with E-state index in [1.54, 1.807) is 4.88 Å². The van der Waals surface area contributed by atoms with Gasteiger partial charge in [0.25, 0.3) is 0 Å². The third kappa shape index (κ3) is 5.06. The maximum Gasteiger partial charge on any atom is 0.191 e. The van der Waals surface area contributed by atoms with E-state index >= 15 is 0 Å². The molecule has 2 aromatic rings. The number of rotatable bonds is 6. The van der Waals surface area contributed by atoms with Crippen molar-refractivity contribution in [3.05, 3.63) is 57.8 Å². The van der Waals surface area contributed by atoms with Gasteiger partial charge in [0.2, 0.25) is 0 Å². The Labute approximate surface area is 155 Å². The average Bonchev–Trinajstić information content (AvgIpc) is 3.13. The highest BCUT2D eigenvalue weighted by Gasteiger charge is 2.21. The lowest BCUT2D eigenvalue weighted by Gasteiger charge is -2.32. The van der Waals surface area contributed by atoms with Crippen LogP contribution in [-0.2, 0) is 19.4 Å². The molecule has 0 bridgehead atoms. The van der Waals surface area contributed by atoms with Crippen LogP contribution < -0.4 is 10.6 Å². The molecule has 5 heteroatoms. The van der Waals surface area contributed by atoms with E-state index in [4.69, 9.17) is 0 Å². The molecule has 1 aromatic carbocycles. The summed E-state index contributed by atoms with van der Waals surface area (Å²) in [5, 5.41) is 9.10. The molecular weight excluding hydrogens is 328 g/mol. The van der Waals surface area contributed by atoms with Crippen molar-refractivity contribution < 1.29 is 0 Å². The minimum atomic E-state index is 0.487. The van der Waals surface area contributed by atoms with Gasteiger partial charge in [-0.15, -0.1) is 11.3 Å². The molecular formula is C20H28N4S. The van der Waals surface area contributed by atoms with Crippen molar-refractivity contribution >= 4 is 17.3 Å². The molecule has 134 valence electrons. The zero-order valence-electron chi connectivity index (χ0n) is 15.2. The number of thiophene rings is 1. The molecule has 1 aliphatic rings. The summed E-state index contributed by atoms with van der Waals surface area (Å²) in [6.07, 6.45) is 2.19. The summed E-state index contributed by atoms with van der Waals surface area (Å²) in [5.74, 6) is 0.885. The maximum absolute atomic E-state index is 4.34. The highest BCUT2D eigenvalue weighted by Crippen LogP contribution is 2.24. The molecule has 0 aliphatic carbocycles. The zero-order chi connectivity index (χ0) is 17.5. The summed E-state index contributed by atoms with van der Waals surface area (Å²) in [6.45, 7) is 6.31. The van der Waals surface area contributed by atoms with Crippen LogP contribution >= 0.6 is 11.3 Å². The molecule has 0 amide bonds. The fraction of sp³-hybridized carbons (Fsp3) is 0.450. The van der Waals surface area contributed by atoms with Gasteiger partial charge in [-0.2, -0.15) is 0 Å². The summed E-state index contributed by atoms with van der Waals surface area (Å²) >= 11 is 1.90. The molecule has 1 atom stereocenters. The van der Waals surface area contributed by atoms with Crippen molar-refractivity contribution in [2.24, 2.45) is 4.99 Å². The van der Waals surface area contributed by atoms with E-state index in [-0.39, 0.29) is 0 Å². The standard InChI is InChI=1S/C20H28N4S/c1-16(24-12-9-19-18(15-24)10-13-25-19)14-23-20(21-2)22-11-8-17-6-4-3-5-7-17/h3-7,10,13,16H,8-9,11-12,14-15H2,1-2H3,(H2,21,22,23). The number of nitrogens with zero attached hydrogens (tertiary/aromatic N) is 2. The van der Waals surface area contributed by atoms with Crippen LogP contribution in [0.2, 0.25) is 0 Å². The highest BCUT2D eigenvalue weighted by molar-refractivity contribution is 7.10. The molecule has 0 fully saturated rings. The summed E-state index contributed by atoms with van der Waals surface area (Å²) in [4.78, 5) is 8.46. The lowest BCUT2D eigenvalue weighted by Crippen LogP contribution is -2.47.